The predicted octanol–water partition coefficient (Wildman–Crippen LogP) is 2.92. The van der Waals surface area contributed by atoms with Crippen molar-refractivity contribution in [3.05, 3.63) is 69.0 Å². The number of nitrogens with zero attached hydrogens (tertiary/aromatic N) is 2. The predicted molar refractivity (Wildman–Crippen MR) is 85.7 cm³/mol. The number of rotatable bonds is 6. The normalized spacial score (nSPS) is 10.6. The number of hydrogen-bond acceptors (Lipinski definition) is 5. The zero-order valence-corrected chi connectivity index (χ0v) is 12.9. The lowest BCUT2D eigenvalue weighted by molar-refractivity contribution is -0.385. The molecule has 0 unspecified atom stereocenters. The number of amides is 1. The lowest BCUT2D eigenvalue weighted by Gasteiger charge is -2.05. The van der Waals surface area contributed by atoms with E-state index in [9.17, 15) is 19.3 Å². The van der Waals surface area contributed by atoms with Crippen LogP contribution in [-0.2, 0) is 4.79 Å². The molecule has 0 fully saturated rings. The fraction of sp³-hybridized carbons (Fsp3) is 0.0667. The summed E-state index contributed by atoms with van der Waals surface area (Å²) in [6.45, 7) is -0.493. The van der Waals surface area contributed by atoms with E-state index in [2.05, 4.69) is 10.5 Å². The Kier molecular flexibility index (Phi) is 5.80. The maximum absolute atomic E-state index is 13.5. The third kappa shape index (κ3) is 4.50. The van der Waals surface area contributed by atoms with Crippen LogP contribution in [0.1, 0.15) is 5.56 Å². The minimum Gasteiger partial charge on any atom is -0.477 e. The van der Waals surface area contributed by atoms with Crippen molar-refractivity contribution < 1.29 is 18.8 Å². The van der Waals surface area contributed by atoms with Crippen LogP contribution < -0.4 is 10.2 Å². The summed E-state index contributed by atoms with van der Waals surface area (Å²) in [5.74, 6) is -1.30. The number of nitro benzene ring substituents is 1. The lowest BCUT2D eigenvalue weighted by atomic mass is 10.2. The molecule has 0 saturated carbocycles. The van der Waals surface area contributed by atoms with Crippen molar-refractivity contribution in [2.24, 2.45) is 5.10 Å². The van der Waals surface area contributed by atoms with Gasteiger partial charge in [-0.15, -0.1) is 0 Å². The first-order valence-electron chi connectivity index (χ1n) is 6.61. The number of nitrogens with one attached hydrogen (secondary N) is 1. The number of ether oxygens (including phenoxy) is 1. The quantitative estimate of drug-likeness (QED) is 0.492. The Morgan fingerprint density at radius 1 is 1.33 bits per heavy atom. The van der Waals surface area contributed by atoms with Gasteiger partial charge in [0.2, 0.25) is 0 Å². The summed E-state index contributed by atoms with van der Waals surface area (Å²) in [6.07, 6.45) is 1.06. The topological polar surface area (TPSA) is 93.8 Å². The molecule has 2 aromatic rings. The molecule has 1 amide bonds. The minimum atomic E-state index is -0.670. The number of hydrogen-bond donors (Lipinski definition) is 1. The van der Waals surface area contributed by atoms with Crippen molar-refractivity contribution in [3.8, 4) is 5.75 Å². The summed E-state index contributed by atoms with van der Waals surface area (Å²) in [4.78, 5) is 21.8. The second-order valence-corrected chi connectivity index (χ2v) is 4.85. The summed E-state index contributed by atoms with van der Waals surface area (Å²) in [6, 6.07) is 9.76. The molecule has 2 rings (SSSR count). The number of carbonyl (C=O) groups excluding carboxylic acids is 1. The van der Waals surface area contributed by atoms with Crippen LogP contribution in [-0.4, -0.2) is 23.7 Å². The summed E-state index contributed by atoms with van der Waals surface area (Å²) in [5.41, 5.74) is 1.88. The van der Waals surface area contributed by atoms with Crippen molar-refractivity contribution in [1.29, 1.82) is 0 Å². The van der Waals surface area contributed by atoms with Gasteiger partial charge in [0, 0.05) is 11.6 Å². The zero-order valence-electron chi connectivity index (χ0n) is 12.1. The van der Waals surface area contributed by atoms with E-state index in [1.54, 1.807) is 6.07 Å². The van der Waals surface area contributed by atoms with Gasteiger partial charge >= 0.3 is 5.69 Å². The van der Waals surface area contributed by atoms with Gasteiger partial charge in [-0.05, 0) is 18.2 Å². The molecule has 1 N–H and O–H groups in total. The molecule has 24 heavy (non-hydrogen) atoms. The fourth-order valence-corrected chi connectivity index (χ4v) is 1.92. The van der Waals surface area contributed by atoms with Crippen LogP contribution in [0.25, 0.3) is 0 Å². The maximum Gasteiger partial charge on any atom is 0.310 e. The largest absolute Gasteiger partial charge is 0.477 e. The van der Waals surface area contributed by atoms with E-state index < -0.39 is 23.3 Å². The Bertz CT molecular complexity index is 778. The molecule has 124 valence electrons. The average molecular weight is 352 g/mol. The summed E-state index contributed by atoms with van der Waals surface area (Å²) in [5, 5.41) is 14.5. The van der Waals surface area contributed by atoms with Gasteiger partial charge in [-0.1, -0.05) is 29.8 Å². The van der Waals surface area contributed by atoms with E-state index >= 15 is 0 Å². The van der Waals surface area contributed by atoms with E-state index in [-0.39, 0.29) is 22.0 Å². The Balaban J connectivity index is 1.93. The molecule has 9 heteroatoms. The Labute approximate surface area is 140 Å². The maximum atomic E-state index is 13.5. The first kappa shape index (κ1) is 17.4. The smallest absolute Gasteiger partial charge is 0.310 e. The lowest BCUT2D eigenvalue weighted by Crippen LogP contribution is -2.24. The monoisotopic (exact) mass is 351 g/mol. The molecule has 0 atom stereocenters. The third-order valence-electron chi connectivity index (χ3n) is 2.80. The Hall–Kier alpha value is -3.00. The highest BCUT2D eigenvalue weighted by molar-refractivity contribution is 6.33. The summed E-state index contributed by atoms with van der Waals surface area (Å²) in [7, 11) is 0. The molecule has 0 spiro atoms. The number of para-hydroxylation sites is 2. The molecule has 7 nitrogen and oxygen atoms in total. The van der Waals surface area contributed by atoms with E-state index in [4.69, 9.17) is 16.3 Å². The van der Waals surface area contributed by atoms with E-state index in [1.807, 2.05) is 0 Å². The molecule has 0 saturated heterocycles. The van der Waals surface area contributed by atoms with Gasteiger partial charge in [-0.2, -0.15) is 5.10 Å². The van der Waals surface area contributed by atoms with E-state index in [0.29, 0.717) is 0 Å². The van der Waals surface area contributed by atoms with Gasteiger partial charge < -0.3 is 4.74 Å². The zero-order chi connectivity index (χ0) is 17.5. The van der Waals surface area contributed by atoms with Crippen LogP contribution in [0.4, 0.5) is 10.1 Å². The van der Waals surface area contributed by atoms with Crippen LogP contribution in [0.3, 0.4) is 0 Å². The number of carbonyl (C=O) groups is 1. The third-order valence-corrected chi connectivity index (χ3v) is 3.13. The second kappa shape index (κ2) is 8.02. The average Bonchev–Trinajstić information content (AvgIpc) is 2.56. The standard InChI is InChI=1S/C15H11ClFN3O4/c16-11-4-3-5-12(17)10(11)8-18-19-15(21)9-24-14-7-2-1-6-13(14)20(22)23/h1-8H,9H2,(H,19,21)/b18-8+. The number of benzene rings is 2. The van der Waals surface area contributed by atoms with Gasteiger partial charge in [-0.3, -0.25) is 14.9 Å². The second-order valence-electron chi connectivity index (χ2n) is 4.44. The van der Waals surface area contributed by atoms with Crippen LogP contribution in [0.2, 0.25) is 5.02 Å². The highest BCUT2D eigenvalue weighted by Crippen LogP contribution is 2.25. The van der Waals surface area contributed by atoms with Crippen molar-refractivity contribution in [3.63, 3.8) is 0 Å². The molecular weight excluding hydrogens is 341 g/mol. The van der Waals surface area contributed by atoms with Gasteiger partial charge in [0.1, 0.15) is 5.82 Å². The summed E-state index contributed by atoms with van der Waals surface area (Å²) >= 11 is 5.80. The fourth-order valence-electron chi connectivity index (χ4n) is 1.71. The molecule has 0 aromatic heterocycles. The molecule has 0 aliphatic heterocycles. The highest BCUT2D eigenvalue weighted by atomic mass is 35.5. The Morgan fingerprint density at radius 3 is 2.79 bits per heavy atom. The Morgan fingerprint density at radius 2 is 2.08 bits per heavy atom. The molecule has 0 aliphatic carbocycles. The van der Waals surface area contributed by atoms with Crippen LogP contribution in [0, 0.1) is 15.9 Å². The number of nitro groups is 1. The van der Waals surface area contributed by atoms with Crippen molar-refractivity contribution >= 4 is 29.4 Å². The van der Waals surface area contributed by atoms with Gasteiger partial charge in [-0.25, -0.2) is 9.82 Å². The van der Waals surface area contributed by atoms with Crippen LogP contribution in [0.5, 0.6) is 5.75 Å². The van der Waals surface area contributed by atoms with Crippen LogP contribution in [0.15, 0.2) is 47.6 Å². The molecule has 0 radical (unpaired) electrons. The summed E-state index contributed by atoms with van der Waals surface area (Å²) < 4.78 is 18.6. The molecule has 0 heterocycles. The van der Waals surface area contributed by atoms with E-state index in [1.165, 1.54) is 36.4 Å². The first-order chi connectivity index (χ1) is 11.5. The van der Waals surface area contributed by atoms with E-state index in [0.717, 1.165) is 6.21 Å². The molecular formula is C15H11ClFN3O4. The molecule has 2 aromatic carbocycles. The highest BCUT2D eigenvalue weighted by Gasteiger charge is 2.14. The minimum absolute atomic E-state index is 0.0269. The van der Waals surface area contributed by atoms with Gasteiger partial charge in [0.05, 0.1) is 16.2 Å². The van der Waals surface area contributed by atoms with Crippen LogP contribution >= 0.6 is 11.6 Å². The van der Waals surface area contributed by atoms with Crippen molar-refractivity contribution in [2.45, 2.75) is 0 Å². The molecule has 0 aliphatic rings. The van der Waals surface area contributed by atoms with Crippen molar-refractivity contribution in [1.82, 2.24) is 5.43 Å². The SMILES string of the molecule is O=C(COc1ccccc1[N+](=O)[O-])N/N=C/c1c(F)cccc1Cl. The van der Waals surface area contributed by atoms with Gasteiger partial charge in [0.15, 0.2) is 12.4 Å². The number of hydrazone groups is 1. The molecule has 0 bridgehead atoms. The van der Waals surface area contributed by atoms with Gasteiger partial charge in [0.25, 0.3) is 5.91 Å². The first-order valence-corrected chi connectivity index (χ1v) is 6.99. The van der Waals surface area contributed by atoms with Crippen molar-refractivity contribution in [2.75, 3.05) is 6.61 Å². The number of halogens is 2.